The van der Waals surface area contributed by atoms with Gasteiger partial charge in [0.05, 0.1) is 11.4 Å². The first-order valence-electron chi connectivity index (χ1n) is 5.04. The molecule has 0 amide bonds. The Bertz CT molecular complexity index is 449. The number of aryl methyl sites for hydroxylation is 1. The minimum absolute atomic E-state index is 0.754. The smallest absolute Gasteiger partial charge is 0.0762 e. The Morgan fingerprint density at radius 1 is 1.25 bits per heavy atom. The molecule has 0 saturated carbocycles. The van der Waals surface area contributed by atoms with Crippen LogP contribution in [0.1, 0.15) is 11.4 Å². The largest absolute Gasteiger partial charge is 0.305 e. The standard InChI is InChI=1S/C11H13BrN4/c1-16-5-4-11(15-16)8-13-7-10-3-2-9(12)6-14-10/h2-6,13H,7-8H2,1H3. The Morgan fingerprint density at radius 3 is 2.69 bits per heavy atom. The van der Waals surface area contributed by atoms with Crippen molar-refractivity contribution < 1.29 is 0 Å². The highest BCUT2D eigenvalue weighted by molar-refractivity contribution is 9.10. The zero-order valence-corrected chi connectivity index (χ0v) is 10.6. The van der Waals surface area contributed by atoms with Gasteiger partial charge in [0.2, 0.25) is 0 Å². The molecule has 16 heavy (non-hydrogen) atoms. The van der Waals surface area contributed by atoms with E-state index in [1.165, 1.54) is 0 Å². The van der Waals surface area contributed by atoms with Crippen molar-refractivity contribution >= 4 is 15.9 Å². The van der Waals surface area contributed by atoms with Crippen molar-refractivity contribution in [3.8, 4) is 0 Å². The Morgan fingerprint density at radius 2 is 2.06 bits per heavy atom. The SMILES string of the molecule is Cn1ccc(CNCc2ccc(Br)cn2)n1. The van der Waals surface area contributed by atoms with Crippen LogP contribution in [0.25, 0.3) is 0 Å². The van der Waals surface area contributed by atoms with Crippen LogP contribution in [0.2, 0.25) is 0 Å². The van der Waals surface area contributed by atoms with E-state index >= 15 is 0 Å². The monoisotopic (exact) mass is 280 g/mol. The van der Waals surface area contributed by atoms with Crippen molar-refractivity contribution in [3.05, 3.63) is 46.5 Å². The third kappa shape index (κ3) is 3.15. The van der Waals surface area contributed by atoms with Crippen LogP contribution in [0.3, 0.4) is 0 Å². The molecule has 0 unspecified atom stereocenters. The summed E-state index contributed by atoms with van der Waals surface area (Å²) < 4.78 is 2.80. The van der Waals surface area contributed by atoms with Crippen LogP contribution in [0.15, 0.2) is 35.1 Å². The number of hydrogen-bond acceptors (Lipinski definition) is 3. The molecule has 1 N–H and O–H groups in total. The van der Waals surface area contributed by atoms with Gasteiger partial charge >= 0.3 is 0 Å². The van der Waals surface area contributed by atoms with Crippen LogP contribution in [-0.2, 0) is 20.1 Å². The predicted octanol–water partition coefficient (Wildman–Crippen LogP) is 1.87. The van der Waals surface area contributed by atoms with Crippen molar-refractivity contribution in [2.24, 2.45) is 7.05 Å². The minimum Gasteiger partial charge on any atom is -0.305 e. The fraction of sp³-hybridized carbons (Fsp3) is 0.273. The second kappa shape index (κ2) is 5.23. The van der Waals surface area contributed by atoms with Gasteiger partial charge in [-0.15, -0.1) is 0 Å². The molecule has 2 heterocycles. The fourth-order valence-electron chi connectivity index (χ4n) is 1.39. The van der Waals surface area contributed by atoms with Gasteiger partial charge in [0.25, 0.3) is 0 Å². The Hall–Kier alpha value is -1.20. The zero-order valence-electron chi connectivity index (χ0n) is 9.02. The molecule has 0 atom stereocenters. The molecule has 4 nitrogen and oxygen atoms in total. The molecule has 2 aromatic heterocycles. The van der Waals surface area contributed by atoms with Gasteiger partial charge in [0, 0.05) is 37.0 Å². The van der Waals surface area contributed by atoms with Crippen molar-refractivity contribution in [2.45, 2.75) is 13.1 Å². The van der Waals surface area contributed by atoms with E-state index in [9.17, 15) is 0 Å². The Kier molecular flexibility index (Phi) is 3.69. The van der Waals surface area contributed by atoms with Gasteiger partial charge in [-0.05, 0) is 34.1 Å². The van der Waals surface area contributed by atoms with E-state index in [4.69, 9.17) is 0 Å². The second-order valence-corrected chi connectivity index (χ2v) is 4.47. The molecule has 5 heteroatoms. The molecule has 0 radical (unpaired) electrons. The number of nitrogens with zero attached hydrogens (tertiary/aromatic N) is 3. The molecule has 0 aliphatic carbocycles. The van der Waals surface area contributed by atoms with E-state index < -0.39 is 0 Å². The Labute approximate surface area is 103 Å². The van der Waals surface area contributed by atoms with Crippen LogP contribution >= 0.6 is 15.9 Å². The molecule has 2 rings (SSSR count). The number of aromatic nitrogens is 3. The van der Waals surface area contributed by atoms with Crippen LogP contribution < -0.4 is 5.32 Å². The average Bonchev–Trinajstić information content (AvgIpc) is 2.67. The number of nitrogens with one attached hydrogen (secondary N) is 1. The number of hydrogen-bond donors (Lipinski definition) is 1. The van der Waals surface area contributed by atoms with Gasteiger partial charge in [0.1, 0.15) is 0 Å². The molecule has 0 fully saturated rings. The molecular weight excluding hydrogens is 268 g/mol. The van der Waals surface area contributed by atoms with Crippen LogP contribution in [-0.4, -0.2) is 14.8 Å². The Balaban J connectivity index is 1.82. The van der Waals surface area contributed by atoms with Crippen molar-refractivity contribution in [1.29, 1.82) is 0 Å². The van der Waals surface area contributed by atoms with Gasteiger partial charge in [-0.2, -0.15) is 5.10 Å². The molecule has 0 saturated heterocycles. The van der Waals surface area contributed by atoms with E-state index in [1.54, 1.807) is 10.9 Å². The minimum atomic E-state index is 0.754. The van der Waals surface area contributed by atoms with Crippen LogP contribution in [0.4, 0.5) is 0 Å². The first kappa shape index (κ1) is 11.3. The maximum atomic E-state index is 4.28. The topological polar surface area (TPSA) is 42.7 Å². The lowest BCUT2D eigenvalue weighted by Crippen LogP contribution is -2.14. The van der Waals surface area contributed by atoms with Gasteiger partial charge in [-0.1, -0.05) is 0 Å². The molecule has 0 aromatic carbocycles. The highest BCUT2D eigenvalue weighted by Crippen LogP contribution is 2.07. The van der Waals surface area contributed by atoms with Crippen LogP contribution in [0.5, 0.6) is 0 Å². The number of rotatable bonds is 4. The molecule has 2 aromatic rings. The summed E-state index contributed by atoms with van der Waals surface area (Å²) in [5, 5.41) is 7.58. The molecule has 0 spiro atoms. The summed E-state index contributed by atoms with van der Waals surface area (Å²) in [7, 11) is 1.92. The normalized spacial score (nSPS) is 10.6. The lowest BCUT2D eigenvalue weighted by molar-refractivity contribution is 0.647. The summed E-state index contributed by atoms with van der Waals surface area (Å²) >= 11 is 3.36. The van der Waals surface area contributed by atoms with Crippen molar-refractivity contribution in [1.82, 2.24) is 20.1 Å². The van der Waals surface area contributed by atoms with E-state index in [2.05, 4.69) is 31.3 Å². The third-order valence-corrected chi connectivity index (χ3v) is 2.64. The fourth-order valence-corrected chi connectivity index (χ4v) is 1.62. The highest BCUT2D eigenvalue weighted by atomic mass is 79.9. The summed E-state index contributed by atoms with van der Waals surface area (Å²) in [6.45, 7) is 1.52. The first-order chi connectivity index (χ1) is 7.74. The van der Waals surface area contributed by atoms with Crippen molar-refractivity contribution in [3.63, 3.8) is 0 Å². The number of halogens is 1. The summed E-state index contributed by atoms with van der Waals surface area (Å²) in [4.78, 5) is 4.28. The molecule has 0 bridgehead atoms. The van der Waals surface area contributed by atoms with E-state index in [0.29, 0.717) is 0 Å². The van der Waals surface area contributed by atoms with Gasteiger partial charge in [-0.25, -0.2) is 0 Å². The summed E-state index contributed by atoms with van der Waals surface area (Å²) in [5.41, 5.74) is 2.07. The van der Waals surface area contributed by atoms with Crippen molar-refractivity contribution in [2.75, 3.05) is 0 Å². The number of pyridine rings is 1. The molecular formula is C11H13BrN4. The van der Waals surface area contributed by atoms with E-state index in [1.807, 2.05) is 31.4 Å². The predicted molar refractivity (Wildman–Crippen MR) is 65.7 cm³/mol. The molecule has 0 aliphatic rings. The van der Waals surface area contributed by atoms with E-state index in [0.717, 1.165) is 29.0 Å². The summed E-state index contributed by atoms with van der Waals surface area (Å²) in [5.74, 6) is 0. The summed E-state index contributed by atoms with van der Waals surface area (Å²) in [6.07, 6.45) is 3.74. The maximum absolute atomic E-state index is 4.28. The van der Waals surface area contributed by atoms with Crippen LogP contribution in [0, 0.1) is 0 Å². The zero-order chi connectivity index (χ0) is 11.4. The quantitative estimate of drug-likeness (QED) is 0.930. The molecule has 0 aliphatic heterocycles. The van der Waals surface area contributed by atoms with Gasteiger partial charge in [0.15, 0.2) is 0 Å². The first-order valence-corrected chi connectivity index (χ1v) is 5.83. The lowest BCUT2D eigenvalue weighted by atomic mass is 10.3. The summed E-state index contributed by atoms with van der Waals surface area (Å²) in [6, 6.07) is 5.99. The molecule has 84 valence electrons. The highest BCUT2D eigenvalue weighted by Gasteiger charge is 1.97. The maximum Gasteiger partial charge on any atom is 0.0762 e. The lowest BCUT2D eigenvalue weighted by Gasteiger charge is -2.02. The second-order valence-electron chi connectivity index (χ2n) is 3.55. The average molecular weight is 281 g/mol. The van der Waals surface area contributed by atoms with Gasteiger partial charge in [-0.3, -0.25) is 9.67 Å². The van der Waals surface area contributed by atoms with Gasteiger partial charge < -0.3 is 5.32 Å². The van der Waals surface area contributed by atoms with E-state index in [-0.39, 0.29) is 0 Å². The third-order valence-electron chi connectivity index (χ3n) is 2.17.